The summed E-state index contributed by atoms with van der Waals surface area (Å²) in [6, 6.07) is 0.0273. The summed E-state index contributed by atoms with van der Waals surface area (Å²) in [5, 5.41) is 0. The van der Waals surface area contributed by atoms with Crippen LogP contribution in [0.1, 0.15) is 27.7 Å². The van der Waals surface area contributed by atoms with Crippen LogP contribution in [0.25, 0.3) is 0 Å². The predicted octanol–water partition coefficient (Wildman–Crippen LogP) is 0.407. The summed E-state index contributed by atoms with van der Waals surface area (Å²) in [6.07, 6.45) is 0. The van der Waals surface area contributed by atoms with Crippen LogP contribution in [0, 0.1) is 0 Å². The Hall–Kier alpha value is -0.240. The molecule has 0 bridgehead atoms. The molecule has 1 aliphatic heterocycles. The van der Waals surface area contributed by atoms with Crippen molar-refractivity contribution in [2.75, 3.05) is 26.2 Å². The van der Waals surface area contributed by atoms with Crippen LogP contribution >= 0.6 is 12.2 Å². The first-order chi connectivity index (χ1) is 8.07. The minimum Gasteiger partial charge on any atom is -0.392 e. The van der Waals surface area contributed by atoms with Crippen molar-refractivity contribution in [1.82, 2.24) is 9.21 Å². The first kappa shape index (κ1) is 15.8. The zero-order chi connectivity index (χ0) is 14.1. The molecule has 0 amide bonds. The van der Waals surface area contributed by atoms with Gasteiger partial charge in [0.2, 0.25) is 10.0 Å². The van der Waals surface area contributed by atoms with E-state index in [1.807, 2.05) is 6.92 Å². The molecular weight excluding hydrogens is 270 g/mol. The number of hydrogen-bond donors (Lipinski definition) is 1. The molecule has 0 spiro atoms. The fourth-order valence-electron chi connectivity index (χ4n) is 1.90. The van der Waals surface area contributed by atoms with Crippen LogP contribution < -0.4 is 5.73 Å². The molecule has 1 atom stereocenters. The van der Waals surface area contributed by atoms with Crippen molar-refractivity contribution in [2.24, 2.45) is 5.73 Å². The summed E-state index contributed by atoms with van der Waals surface area (Å²) in [4.78, 5) is 2.58. The highest BCUT2D eigenvalue weighted by molar-refractivity contribution is 7.90. The number of hydrogen-bond acceptors (Lipinski definition) is 4. The molecule has 0 aromatic heterocycles. The topological polar surface area (TPSA) is 66.6 Å². The van der Waals surface area contributed by atoms with Crippen molar-refractivity contribution >= 4 is 27.2 Å². The van der Waals surface area contributed by atoms with E-state index in [9.17, 15) is 8.42 Å². The summed E-state index contributed by atoms with van der Waals surface area (Å²) in [5.41, 5.74) is 5.61. The van der Waals surface area contributed by atoms with E-state index in [2.05, 4.69) is 4.90 Å². The average Bonchev–Trinajstić information content (AvgIpc) is 2.26. The van der Waals surface area contributed by atoms with Gasteiger partial charge in [-0.25, -0.2) is 8.42 Å². The maximum absolute atomic E-state index is 12.3. The molecular formula is C11H23N3O2S2. The third kappa shape index (κ3) is 3.20. The van der Waals surface area contributed by atoms with Crippen molar-refractivity contribution in [1.29, 1.82) is 0 Å². The van der Waals surface area contributed by atoms with Crippen LogP contribution in [-0.4, -0.2) is 59.6 Å². The number of sulfonamides is 1. The lowest BCUT2D eigenvalue weighted by atomic mass is 10.2. The maximum atomic E-state index is 12.3. The summed E-state index contributed by atoms with van der Waals surface area (Å²) in [7, 11) is -3.23. The number of piperazine rings is 1. The van der Waals surface area contributed by atoms with E-state index in [1.165, 1.54) is 0 Å². The first-order valence-corrected chi connectivity index (χ1v) is 7.95. The van der Waals surface area contributed by atoms with E-state index >= 15 is 0 Å². The second-order valence-corrected chi connectivity index (χ2v) is 8.79. The van der Waals surface area contributed by atoms with Crippen LogP contribution in [0.5, 0.6) is 0 Å². The van der Waals surface area contributed by atoms with E-state index < -0.39 is 14.8 Å². The molecule has 0 aromatic carbocycles. The molecule has 0 aliphatic carbocycles. The normalized spacial score (nSPS) is 21.8. The Labute approximate surface area is 115 Å². The fourth-order valence-corrected chi connectivity index (χ4v) is 3.47. The molecule has 1 unspecified atom stereocenters. The van der Waals surface area contributed by atoms with Gasteiger partial charge in [-0.3, -0.25) is 4.90 Å². The molecule has 1 rings (SSSR count). The Balaban J connectivity index is 2.68. The van der Waals surface area contributed by atoms with Gasteiger partial charge in [-0.1, -0.05) is 12.2 Å². The molecule has 1 aliphatic rings. The minimum atomic E-state index is -3.23. The van der Waals surface area contributed by atoms with Gasteiger partial charge in [0.1, 0.15) is 0 Å². The lowest BCUT2D eigenvalue weighted by Gasteiger charge is -2.39. The van der Waals surface area contributed by atoms with Crippen molar-refractivity contribution in [3.8, 4) is 0 Å². The van der Waals surface area contributed by atoms with Gasteiger partial charge in [-0.05, 0) is 27.7 Å². The monoisotopic (exact) mass is 293 g/mol. The largest absolute Gasteiger partial charge is 0.392 e. The van der Waals surface area contributed by atoms with Gasteiger partial charge in [0.05, 0.1) is 15.8 Å². The summed E-state index contributed by atoms with van der Waals surface area (Å²) in [5.74, 6) is 0. The number of nitrogens with zero attached hydrogens (tertiary/aromatic N) is 2. The fraction of sp³-hybridized carbons (Fsp3) is 0.909. The summed E-state index contributed by atoms with van der Waals surface area (Å²) < 4.78 is 25.4. The van der Waals surface area contributed by atoms with E-state index in [0.29, 0.717) is 31.2 Å². The Morgan fingerprint density at radius 1 is 1.22 bits per heavy atom. The zero-order valence-corrected chi connectivity index (χ0v) is 13.1. The molecule has 0 saturated carbocycles. The van der Waals surface area contributed by atoms with Crippen LogP contribution in [0.15, 0.2) is 0 Å². The Morgan fingerprint density at radius 2 is 1.67 bits per heavy atom. The highest BCUT2D eigenvalue weighted by Crippen LogP contribution is 2.21. The van der Waals surface area contributed by atoms with Gasteiger partial charge in [0.25, 0.3) is 0 Å². The Kier molecular flexibility index (Phi) is 4.75. The molecule has 0 radical (unpaired) electrons. The molecule has 1 saturated heterocycles. The maximum Gasteiger partial charge on any atom is 0.219 e. The smallest absolute Gasteiger partial charge is 0.219 e. The second-order valence-electron chi connectivity index (χ2n) is 5.63. The van der Waals surface area contributed by atoms with Crippen LogP contribution in [0.4, 0.5) is 0 Å². The van der Waals surface area contributed by atoms with Gasteiger partial charge in [-0.15, -0.1) is 0 Å². The van der Waals surface area contributed by atoms with E-state index in [0.717, 1.165) is 0 Å². The van der Waals surface area contributed by atoms with Gasteiger partial charge in [-0.2, -0.15) is 4.31 Å². The minimum absolute atomic E-state index is 0.0273. The average molecular weight is 293 g/mol. The summed E-state index contributed by atoms with van der Waals surface area (Å²) >= 11 is 4.97. The van der Waals surface area contributed by atoms with Crippen molar-refractivity contribution in [3.63, 3.8) is 0 Å². The van der Waals surface area contributed by atoms with Crippen molar-refractivity contribution < 1.29 is 8.42 Å². The first-order valence-electron chi connectivity index (χ1n) is 6.10. The molecule has 2 N–H and O–H groups in total. The molecule has 0 aromatic rings. The third-order valence-electron chi connectivity index (χ3n) is 3.35. The quantitative estimate of drug-likeness (QED) is 0.763. The number of nitrogens with two attached hydrogens (primary N) is 1. The third-order valence-corrected chi connectivity index (χ3v) is 6.28. The van der Waals surface area contributed by atoms with E-state index in [-0.39, 0.29) is 6.04 Å². The van der Waals surface area contributed by atoms with Crippen molar-refractivity contribution in [2.45, 2.75) is 38.5 Å². The van der Waals surface area contributed by atoms with Crippen LogP contribution in [-0.2, 0) is 10.0 Å². The molecule has 1 heterocycles. The van der Waals surface area contributed by atoms with E-state index in [4.69, 9.17) is 18.0 Å². The van der Waals surface area contributed by atoms with Crippen molar-refractivity contribution in [3.05, 3.63) is 0 Å². The Morgan fingerprint density at radius 3 is 2.00 bits per heavy atom. The molecule has 1 fully saturated rings. The number of thiocarbonyl (C=S) groups is 1. The summed E-state index contributed by atoms with van der Waals surface area (Å²) in [6.45, 7) is 9.50. The Bertz CT molecular complexity index is 406. The zero-order valence-electron chi connectivity index (χ0n) is 11.5. The second kappa shape index (κ2) is 5.40. The highest BCUT2D eigenvalue weighted by Gasteiger charge is 2.37. The van der Waals surface area contributed by atoms with E-state index in [1.54, 1.807) is 25.1 Å². The lowest BCUT2D eigenvalue weighted by molar-refractivity contribution is 0.173. The highest BCUT2D eigenvalue weighted by atomic mass is 32.2. The SMILES string of the molecule is CC(C(N)=S)N1CCN(S(=O)(=O)C(C)(C)C)CC1. The predicted molar refractivity (Wildman–Crippen MR) is 78.1 cm³/mol. The van der Waals surface area contributed by atoms with Crippen LogP contribution in [0.2, 0.25) is 0 Å². The molecule has 7 heteroatoms. The molecule has 5 nitrogen and oxygen atoms in total. The van der Waals surface area contributed by atoms with Gasteiger partial charge in [0.15, 0.2) is 0 Å². The van der Waals surface area contributed by atoms with Gasteiger partial charge in [0, 0.05) is 26.2 Å². The van der Waals surface area contributed by atoms with Gasteiger partial charge < -0.3 is 5.73 Å². The lowest BCUT2D eigenvalue weighted by Crippen LogP contribution is -2.56. The molecule has 106 valence electrons. The molecule has 18 heavy (non-hydrogen) atoms. The number of rotatable bonds is 3. The standard InChI is InChI=1S/C11H23N3O2S2/c1-9(10(12)17)13-5-7-14(8-6-13)18(15,16)11(2,3)4/h9H,5-8H2,1-4H3,(H2,12,17). The van der Waals surface area contributed by atoms with Crippen LogP contribution in [0.3, 0.4) is 0 Å². The van der Waals surface area contributed by atoms with Gasteiger partial charge >= 0.3 is 0 Å².